The molecule has 4 heteroatoms. The maximum absolute atomic E-state index is 12.5. The second-order valence-electron chi connectivity index (χ2n) is 8.11. The Balaban J connectivity index is 1.30. The zero-order valence-corrected chi connectivity index (χ0v) is 15.1. The minimum absolute atomic E-state index is 0.0353. The van der Waals surface area contributed by atoms with Gasteiger partial charge in [-0.3, -0.25) is 9.69 Å². The van der Waals surface area contributed by atoms with E-state index in [1.165, 1.54) is 50.8 Å². The number of hydrogen-bond donors (Lipinski definition) is 1. The van der Waals surface area contributed by atoms with Crippen molar-refractivity contribution in [2.75, 3.05) is 19.7 Å². The Bertz CT molecular complexity index is 586. The fourth-order valence-electron chi connectivity index (χ4n) is 4.71. The largest absolute Gasteiger partial charge is 0.373 e. The molecule has 1 amide bonds. The predicted molar refractivity (Wildman–Crippen MR) is 98.6 cm³/mol. The molecule has 0 aromatic heterocycles. The van der Waals surface area contributed by atoms with Gasteiger partial charge in [-0.1, -0.05) is 31.4 Å². The van der Waals surface area contributed by atoms with Crippen LogP contribution in [-0.2, 0) is 11.3 Å². The number of ether oxygens (including phenoxy) is 1. The van der Waals surface area contributed by atoms with Crippen molar-refractivity contribution in [3.8, 4) is 0 Å². The van der Waals surface area contributed by atoms with Crippen LogP contribution in [0.25, 0.3) is 0 Å². The van der Waals surface area contributed by atoms with Crippen molar-refractivity contribution in [3.63, 3.8) is 0 Å². The molecule has 1 atom stereocenters. The number of nitrogens with one attached hydrogen (secondary N) is 1. The normalized spacial score (nSPS) is 26.2. The Morgan fingerprint density at radius 2 is 1.80 bits per heavy atom. The van der Waals surface area contributed by atoms with Gasteiger partial charge in [0.15, 0.2) is 0 Å². The number of nitrogens with zero attached hydrogens (tertiary/aromatic N) is 1. The summed E-state index contributed by atoms with van der Waals surface area (Å²) in [4.78, 5) is 15.0. The van der Waals surface area contributed by atoms with E-state index in [-0.39, 0.29) is 17.6 Å². The summed E-state index contributed by atoms with van der Waals surface area (Å²) >= 11 is 0. The van der Waals surface area contributed by atoms with E-state index in [1.54, 1.807) is 0 Å². The number of benzene rings is 1. The van der Waals surface area contributed by atoms with Gasteiger partial charge < -0.3 is 10.1 Å². The van der Waals surface area contributed by atoms with E-state index in [4.69, 9.17) is 4.74 Å². The van der Waals surface area contributed by atoms with Crippen LogP contribution in [-0.4, -0.2) is 42.1 Å². The zero-order chi connectivity index (χ0) is 17.1. The molecule has 1 spiro atoms. The van der Waals surface area contributed by atoms with Crippen LogP contribution in [0.5, 0.6) is 0 Å². The summed E-state index contributed by atoms with van der Waals surface area (Å²) in [7, 11) is 0. The molecule has 2 saturated heterocycles. The molecular weight excluding hydrogens is 312 g/mol. The third-order valence-electron chi connectivity index (χ3n) is 6.13. The fraction of sp³-hybridized carbons (Fsp3) is 0.667. The topological polar surface area (TPSA) is 41.6 Å². The van der Waals surface area contributed by atoms with Gasteiger partial charge in [0.05, 0.1) is 18.2 Å². The Kier molecular flexibility index (Phi) is 5.09. The highest BCUT2D eigenvalue weighted by Crippen LogP contribution is 2.40. The highest BCUT2D eigenvalue weighted by Gasteiger charge is 2.42. The van der Waals surface area contributed by atoms with Crippen molar-refractivity contribution >= 4 is 5.91 Å². The summed E-state index contributed by atoms with van der Waals surface area (Å²) in [5.74, 6) is 0.0353. The van der Waals surface area contributed by atoms with Gasteiger partial charge in [0, 0.05) is 12.1 Å². The fourth-order valence-corrected chi connectivity index (χ4v) is 4.71. The summed E-state index contributed by atoms with van der Waals surface area (Å²) in [5, 5.41) is 3.17. The van der Waals surface area contributed by atoms with E-state index in [1.807, 2.05) is 12.1 Å². The van der Waals surface area contributed by atoms with Crippen molar-refractivity contribution in [2.45, 2.75) is 69.6 Å². The van der Waals surface area contributed by atoms with Gasteiger partial charge in [0.25, 0.3) is 5.91 Å². The molecule has 2 aliphatic heterocycles. The third-order valence-corrected chi connectivity index (χ3v) is 6.13. The first-order chi connectivity index (χ1) is 12.2. The molecular formula is C21H30N2O2. The van der Waals surface area contributed by atoms with Gasteiger partial charge in [-0.25, -0.2) is 0 Å². The van der Waals surface area contributed by atoms with Gasteiger partial charge in [-0.05, 0) is 62.9 Å². The molecule has 136 valence electrons. The molecule has 1 aromatic carbocycles. The quantitative estimate of drug-likeness (QED) is 0.910. The molecule has 3 aliphatic rings. The Labute approximate surface area is 150 Å². The molecule has 1 N–H and O–H groups in total. The van der Waals surface area contributed by atoms with E-state index < -0.39 is 0 Å². The molecule has 1 aromatic rings. The zero-order valence-electron chi connectivity index (χ0n) is 15.1. The number of carbonyl (C=O) groups is 1. The summed E-state index contributed by atoms with van der Waals surface area (Å²) in [6.07, 6.45) is 9.80. The van der Waals surface area contributed by atoms with Crippen LogP contribution in [0.3, 0.4) is 0 Å². The lowest BCUT2D eigenvalue weighted by Gasteiger charge is -2.26. The lowest BCUT2D eigenvalue weighted by molar-refractivity contribution is 0.00988. The van der Waals surface area contributed by atoms with Crippen molar-refractivity contribution in [2.24, 2.45) is 0 Å². The number of amides is 1. The van der Waals surface area contributed by atoms with Crippen LogP contribution >= 0.6 is 0 Å². The predicted octanol–water partition coefficient (Wildman–Crippen LogP) is 3.50. The first-order valence-corrected chi connectivity index (χ1v) is 9.99. The van der Waals surface area contributed by atoms with Crippen LogP contribution in [0.1, 0.15) is 67.3 Å². The molecule has 4 nitrogen and oxygen atoms in total. The number of piperidine rings is 1. The average Bonchev–Trinajstić information content (AvgIpc) is 3.26. The Morgan fingerprint density at radius 3 is 2.52 bits per heavy atom. The molecule has 1 unspecified atom stereocenters. The van der Waals surface area contributed by atoms with Crippen LogP contribution in [0.4, 0.5) is 0 Å². The minimum atomic E-state index is 0.0353. The first kappa shape index (κ1) is 17.0. The van der Waals surface area contributed by atoms with Crippen LogP contribution < -0.4 is 5.32 Å². The maximum Gasteiger partial charge on any atom is 0.251 e. The molecule has 0 radical (unpaired) electrons. The van der Waals surface area contributed by atoms with Gasteiger partial charge in [-0.2, -0.15) is 0 Å². The number of hydrogen-bond acceptors (Lipinski definition) is 3. The van der Waals surface area contributed by atoms with Gasteiger partial charge >= 0.3 is 0 Å². The van der Waals surface area contributed by atoms with E-state index in [2.05, 4.69) is 22.3 Å². The highest BCUT2D eigenvalue weighted by molar-refractivity contribution is 5.94. The summed E-state index contributed by atoms with van der Waals surface area (Å²) in [6, 6.07) is 8.31. The van der Waals surface area contributed by atoms with E-state index in [9.17, 15) is 4.79 Å². The molecule has 4 rings (SSSR count). The second kappa shape index (κ2) is 7.46. The number of rotatable bonds is 4. The lowest BCUT2D eigenvalue weighted by Crippen LogP contribution is -2.36. The monoisotopic (exact) mass is 342 g/mol. The molecule has 2 heterocycles. The van der Waals surface area contributed by atoms with Crippen molar-refractivity contribution in [1.29, 1.82) is 0 Å². The van der Waals surface area contributed by atoms with Crippen molar-refractivity contribution in [1.82, 2.24) is 10.2 Å². The second-order valence-corrected chi connectivity index (χ2v) is 8.11. The standard InChI is InChI=1S/C21H30N2O2/c24-20(22-19-14-21(25-16-19)10-2-3-11-21)18-8-6-17(7-9-18)15-23-12-4-1-5-13-23/h6-9,19H,1-5,10-16H2,(H,22,24). The lowest BCUT2D eigenvalue weighted by atomic mass is 9.96. The minimum Gasteiger partial charge on any atom is -0.373 e. The number of carbonyl (C=O) groups excluding carboxylic acids is 1. The third kappa shape index (κ3) is 4.06. The summed E-state index contributed by atoms with van der Waals surface area (Å²) < 4.78 is 6.03. The average molecular weight is 342 g/mol. The molecule has 3 fully saturated rings. The molecule has 1 aliphatic carbocycles. The van der Waals surface area contributed by atoms with Gasteiger partial charge in [0.1, 0.15) is 0 Å². The Hall–Kier alpha value is -1.39. The van der Waals surface area contributed by atoms with Crippen molar-refractivity contribution in [3.05, 3.63) is 35.4 Å². The van der Waals surface area contributed by atoms with E-state index >= 15 is 0 Å². The first-order valence-electron chi connectivity index (χ1n) is 9.99. The maximum atomic E-state index is 12.5. The van der Waals surface area contributed by atoms with Crippen LogP contribution in [0.2, 0.25) is 0 Å². The Morgan fingerprint density at radius 1 is 1.08 bits per heavy atom. The number of likely N-dealkylation sites (tertiary alicyclic amines) is 1. The molecule has 1 saturated carbocycles. The molecule has 25 heavy (non-hydrogen) atoms. The van der Waals surface area contributed by atoms with E-state index in [0.29, 0.717) is 6.61 Å². The van der Waals surface area contributed by atoms with Crippen LogP contribution in [0, 0.1) is 0 Å². The van der Waals surface area contributed by atoms with Crippen molar-refractivity contribution < 1.29 is 9.53 Å². The highest BCUT2D eigenvalue weighted by atomic mass is 16.5. The smallest absolute Gasteiger partial charge is 0.251 e. The van der Waals surface area contributed by atoms with Crippen LogP contribution in [0.15, 0.2) is 24.3 Å². The summed E-state index contributed by atoms with van der Waals surface area (Å²) in [6.45, 7) is 4.07. The molecule has 0 bridgehead atoms. The van der Waals surface area contributed by atoms with Gasteiger partial charge in [-0.15, -0.1) is 0 Å². The SMILES string of the molecule is O=C(NC1COC2(CCCC2)C1)c1ccc(CN2CCCCC2)cc1. The van der Waals surface area contributed by atoms with E-state index in [0.717, 1.165) is 31.4 Å². The summed E-state index contributed by atoms with van der Waals surface area (Å²) in [5.41, 5.74) is 2.12. The van der Waals surface area contributed by atoms with Gasteiger partial charge in [0.2, 0.25) is 0 Å².